The fourth-order valence-electron chi connectivity index (χ4n) is 1.64. The topological polar surface area (TPSA) is 24.9 Å². The van der Waals surface area contributed by atoms with Gasteiger partial charge in [-0.25, -0.2) is 0 Å². The Bertz CT molecular complexity index is 449. The van der Waals surface area contributed by atoms with Crippen LogP contribution in [0.25, 0.3) is 11.3 Å². The molecule has 0 spiro atoms. The summed E-state index contributed by atoms with van der Waals surface area (Å²) in [6.07, 6.45) is 1.82. The van der Waals surface area contributed by atoms with Gasteiger partial charge < -0.3 is 5.32 Å². The van der Waals surface area contributed by atoms with Crippen molar-refractivity contribution in [2.75, 3.05) is 5.32 Å². The first kappa shape index (κ1) is 10.7. The molecule has 1 aromatic carbocycles. The van der Waals surface area contributed by atoms with E-state index in [1.165, 1.54) is 0 Å². The van der Waals surface area contributed by atoms with E-state index < -0.39 is 0 Å². The average Bonchev–Trinajstić information content (AvgIpc) is 2.30. The lowest BCUT2D eigenvalue weighted by Gasteiger charge is -2.10. The third-order valence-corrected chi connectivity index (χ3v) is 2.28. The highest BCUT2D eigenvalue weighted by molar-refractivity contribution is 5.64. The van der Waals surface area contributed by atoms with Gasteiger partial charge in [-0.2, -0.15) is 0 Å². The Kier molecular flexibility index (Phi) is 3.20. The number of pyridine rings is 1. The van der Waals surface area contributed by atoms with E-state index in [2.05, 4.69) is 48.4 Å². The molecule has 82 valence electrons. The first-order valence-corrected chi connectivity index (χ1v) is 5.54. The second kappa shape index (κ2) is 4.79. The van der Waals surface area contributed by atoms with Crippen molar-refractivity contribution in [2.24, 2.45) is 0 Å². The Morgan fingerprint density at radius 3 is 2.62 bits per heavy atom. The molecule has 16 heavy (non-hydrogen) atoms. The Hall–Kier alpha value is -1.83. The summed E-state index contributed by atoms with van der Waals surface area (Å²) in [6, 6.07) is 14.7. The largest absolute Gasteiger partial charge is 0.383 e. The van der Waals surface area contributed by atoms with Crippen LogP contribution in [0.4, 0.5) is 5.69 Å². The lowest BCUT2D eigenvalue weighted by molar-refractivity contribution is 0.900. The minimum atomic E-state index is 0.444. The number of hydrogen-bond donors (Lipinski definition) is 1. The van der Waals surface area contributed by atoms with Crippen molar-refractivity contribution in [1.29, 1.82) is 0 Å². The molecule has 1 aromatic heterocycles. The van der Waals surface area contributed by atoms with Crippen molar-refractivity contribution in [3.05, 3.63) is 48.7 Å². The van der Waals surface area contributed by atoms with E-state index in [0.29, 0.717) is 6.04 Å². The summed E-state index contributed by atoms with van der Waals surface area (Å²) in [5.74, 6) is 0. The van der Waals surface area contributed by atoms with Gasteiger partial charge in [-0.15, -0.1) is 0 Å². The van der Waals surface area contributed by atoms with Gasteiger partial charge in [0.05, 0.1) is 5.69 Å². The van der Waals surface area contributed by atoms with Crippen LogP contribution in [-0.2, 0) is 0 Å². The van der Waals surface area contributed by atoms with Gasteiger partial charge in [0.1, 0.15) is 0 Å². The van der Waals surface area contributed by atoms with Crippen LogP contribution in [-0.4, -0.2) is 11.0 Å². The Balaban J connectivity index is 2.29. The summed E-state index contributed by atoms with van der Waals surface area (Å²) in [5.41, 5.74) is 3.29. The molecule has 2 rings (SSSR count). The van der Waals surface area contributed by atoms with Crippen molar-refractivity contribution in [3.8, 4) is 11.3 Å². The zero-order chi connectivity index (χ0) is 11.4. The number of hydrogen-bond acceptors (Lipinski definition) is 2. The molecule has 0 saturated heterocycles. The van der Waals surface area contributed by atoms with Crippen LogP contribution < -0.4 is 5.32 Å². The van der Waals surface area contributed by atoms with Gasteiger partial charge in [0.15, 0.2) is 0 Å². The van der Waals surface area contributed by atoms with E-state index in [4.69, 9.17) is 0 Å². The van der Waals surface area contributed by atoms with E-state index in [0.717, 1.165) is 16.9 Å². The van der Waals surface area contributed by atoms with Crippen LogP contribution in [0.15, 0.2) is 48.7 Å². The van der Waals surface area contributed by atoms with E-state index in [-0.39, 0.29) is 0 Å². The predicted molar refractivity (Wildman–Crippen MR) is 68.4 cm³/mol. The molecule has 1 heterocycles. The molecule has 0 amide bonds. The molecule has 1 N–H and O–H groups in total. The molecule has 2 heteroatoms. The average molecular weight is 212 g/mol. The number of anilines is 1. The van der Waals surface area contributed by atoms with Crippen molar-refractivity contribution < 1.29 is 0 Å². The highest BCUT2D eigenvalue weighted by atomic mass is 14.9. The standard InChI is InChI=1S/C14H16N2/c1-11(2)16-13-7-5-6-12(10-13)14-8-3-4-9-15-14/h3-11,16H,1-2H3. The predicted octanol–water partition coefficient (Wildman–Crippen LogP) is 3.57. The second-order valence-electron chi connectivity index (χ2n) is 4.09. The third kappa shape index (κ3) is 2.60. The minimum absolute atomic E-state index is 0.444. The summed E-state index contributed by atoms with van der Waals surface area (Å²) in [6.45, 7) is 4.26. The quantitative estimate of drug-likeness (QED) is 0.841. The van der Waals surface area contributed by atoms with Crippen LogP contribution in [0.1, 0.15) is 13.8 Å². The van der Waals surface area contributed by atoms with E-state index >= 15 is 0 Å². The lowest BCUT2D eigenvalue weighted by atomic mass is 10.1. The van der Waals surface area contributed by atoms with Gasteiger partial charge in [-0.1, -0.05) is 18.2 Å². The van der Waals surface area contributed by atoms with Gasteiger partial charge in [0, 0.05) is 23.5 Å². The molecular weight excluding hydrogens is 196 g/mol. The highest BCUT2D eigenvalue weighted by Gasteiger charge is 2.00. The number of nitrogens with one attached hydrogen (secondary N) is 1. The molecule has 0 atom stereocenters. The fourth-order valence-corrected chi connectivity index (χ4v) is 1.64. The summed E-state index contributed by atoms with van der Waals surface area (Å²) < 4.78 is 0. The summed E-state index contributed by atoms with van der Waals surface area (Å²) in [5, 5.41) is 3.39. The first-order valence-electron chi connectivity index (χ1n) is 5.54. The molecule has 0 aliphatic carbocycles. The first-order chi connectivity index (χ1) is 7.75. The molecule has 2 nitrogen and oxygen atoms in total. The zero-order valence-corrected chi connectivity index (χ0v) is 9.64. The Labute approximate surface area is 96.4 Å². The maximum atomic E-state index is 4.34. The Morgan fingerprint density at radius 2 is 1.94 bits per heavy atom. The molecule has 2 aromatic rings. The molecule has 0 aliphatic rings. The third-order valence-electron chi connectivity index (χ3n) is 2.28. The molecule has 0 bridgehead atoms. The van der Waals surface area contributed by atoms with E-state index in [9.17, 15) is 0 Å². The second-order valence-corrected chi connectivity index (χ2v) is 4.09. The number of nitrogens with zero attached hydrogens (tertiary/aromatic N) is 1. The normalized spacial score (nSPS) is 10.4. The fraction of sp³-hybridized carbons (Fsp3) is 0.214. The lowest BCUT2D eigenvalue weighted by Crippen LogP contribution is -2.09. The van der Waals surface area contributed by atoms with Crippen LogP contribution in [0.2, 0.25) is 0 Å². The number of aromatic nitrogens is 1. The SMILES string of the molecule is CC(C)Nc1cccc(-c2ccccn2)c1. The number of rotatable bonds is 3. The van der Waals surface area contributed by atoms with Gasteiger partial charge in [-0.3, -0.25) is 4.98 Å². The molecular formula is C14H16N2. The highest BCUT2D eigenvalue weighted by Crippen LogP contribution is 2.20. The maximum Gasteiger partial charge on any atom is 0.0702 e. The van der Waals surface area contributed by atoms with Crippen molar-refractivity contribution in [2.45, 2.75) is 19.9 Å². The van der Waals surface area contributed by atoms with E-state index in [1.54, 1.807) is 0 Å². The molecule has 0 radical (unpaired) electrons. The van der Waals surface area contributed by atoms with Crippen LogP contribution in [0.5, 0.6) is 0 Å². The maximum absolute atomic E-state index is 4.34. The van der Waals surface area contributed by atoms with Crippen molar-refractivity contribution >= 4 is 5.69 Å². The summed E-state index contributed by atoms with van der Waals surface area (Å²) >= 11 is 0. The zero-order valence-electron chi connectivity index (χ0n) is 9.64. The molecule has 0 unspecified atom stereocenters. The van der Waals surface area contributed by atoms with Crippen molar-refractivity contribution in [1.82, 2.24) is 4.98 Å². The molecule has 0 saturated carbocycles. The molecule has 0 fully saturated rings. The monoisotopic (exact) mass is 212 g/mol. The summed E-state index contributed by atoms with van der Waals surface area (Å²) in [4.78, 5) is 4.34. The van der Waals surface area contributed by atoms with Gasteiger partial charge in [0.25, 0.3) is 0 Å². The summed E-state index contributed by atoms with van der Waals surface area (Å²) in [7, 11) is 0. The van der Waals surface area contributed by atoms with Crippen LogP contribution in [0, 0.1) is 0 Å². The number of benzene rings is 1. The van der Waals surface area contributed by atoms with Gasteiger partial charge in [-0.05, 0) is 38.1 Å². The van der Waals surface area contributed by atoms with Crippen LogP contribution in [0.3, 0.4) is 0 Å². The smallest absolute Gasteiger partial charge is 0.0702 e. The van der Waals surface area contributed by atoms with Crippen LogP contribution >= 0.6 is 0 Å². The van der Waals surface area contributed by atoms with Gasteiger partial charge >= 0.3 is 0 Å². The van der Waals surface area contributed by atoms with Crippen molar-refractivity contribution in [3.63, 3.8) is 0 Å². The Morgan fingerprint density at radius 1 is 1.06 bits per heavy atom. The minimum Gasteiger partial charge on any atom is -0.383 e. The van der Waals surface area contributed by atoms with Gasteiger partial charge in [0.2, 0.25) is 0 Å². The molecule has 0 aliphatic heterocycles. The van der Waals surface area contributed by atoms with E-state index in [1.807, 2.05) is 24.4 Å².